The van der Waals surface area contributed by atoms with Crippen LogP contribution in [0, 0.1) is 5.41 Å². The molecule has 0 radical (unpaired) electrons. The van der Waals surface area contributed by atoms with E-state index in [2.05, 4.69) is 0 Å². The van der Waals surface area contributed by atoms with Crippen LogP contribution in [-0.4, -0.2) is 6.18 Å². The normalized spacial score (nSPS) is 18.4. The molecule has 1 rings (SSSR count). The van der Waals surface area contributed by atoms with Crippen molar-refractivity contribution in [1.29, 1.82) is 0 Å². The molecule has 1 aliphatic heterocycles. The van der Waals surface area contributed by atoms with E-state index in [1.165, 1.54) is 6.26 Å². The summed E-state index contributed by atoms with van der Waals surface area (Å²) in [5.41, 5.74) is -0.248. The highest BCUT2D eigenvalue weighted by molar-refractivity contribution is 5.24. The number of ether oxygens (including phenoxy) is 1. The smallest absolute Gasteiger partial charge is 0.415 e. The van der Waals surface area contributed by atoms with Gasteiger partial charge in [0.1, 0.15) is 0 Å². The molecule has 0 bridgehead atoms. The van der Waals surface area contributed by atoms with Crippen molar-refractivity contribution in [3.8, 4) is 0 Å². The number of hydrogen-bond donors (Lipinski definition) is 0. The number of hydrogen-bond acceptors (Lipinski definition) is 1. The second kappa shape index (κ2) is 3.33. The van der Waals surface area contributed by atoms with E-state index in [0.29, 0.717) is 5.57 Å². The number of halogens is 3. The second-order valence-electron chi connectivity index (χ2n) is 4.35. The third kappa shape index (κ3) is 2.53. The lowest BCUT2D eigenvalue weighted by molar-refractivity contribution is -0.0958. The predicted octanol–water partition coefficient (Wildman–Crippen LogP) is 3.78. The summed E-state index contributed by atoms with van der Waals surface area (Å²) in [5.74, 6) is 0. The first kappa shape index (κ1) is 11.1. The van der Waals surface area contributed by atoms with E-state index in [1.807, 2.05) is 20.8 Å². The van der Waals surface area contributed by atoms with Gasteiger partial charge < -0.3 is 4.74 Å². The Labute approximate surface area is 81.2 Å². The third-order valence-corrected chi connectivity index (χ3v) is 2.13. The number of alkyl halides is 3. The fourth-order valence-corrected chi connectivity index (χ4v) is 1.10. The molecule has 0 saturated carbocycles. The van der Waals surface area contributed by atoms with Crippen LogP contribution in [0.4, 0.5) is 13.2 Å². The molecule has 0 saturated heterocycles. The van der Waals surface area contributed by atoms with Gasteiger partial charge in [-0.25, -0.2) is 0 Å². The molecule has 0 fully saturated rings. The zero-order chi connectivity index (χ0) is 11.0. The van der Waals surface area contributed by atoms with Gasteiger partial charge in [0.25, 0.3) is 0 Å². The van der Waals surface area contributed by atoms with Crippen LogP contribution in [-0.2, 0) is 4.74 Å². The molecule has 0 aromatic carbocycles. The molecule has 80 valence electrons. The molecule has 0 spiro atoms. The highest BCUT2D eigenvalue weighted by Crippen LogP contribution is 2.38. The quantitative estimate of drug-likeness (QED) is 0.586. The zero-order valence-corrected chi connectivity index (χ0v) is 8.40. The third-order valence-electron chi connectivity index (χ3n) is 2.13. The van der Waals surface area contributed by atoms with Crippen molar-refractivity contribution in [1.82, 2.24) is 0 Å². The van der Waals surface area contributed by atoms with E-state index in [4.69, 9.17) is 4.74 Å². The molecule has 0 N–H and O–H groups in total. The Morgan fingerprint density at radius 1 is 1.07 bits per heavy atom. The van der Waals surface area contributed by atoms with Gasteiger partial charge in [0.2, 0.25) is 0 Å². The van der Waals surface area contributed by atoms with E-state index in [-0.39, 0.29) is 11.8 Å². The summed E-state index contributed by atoms with van der Waals surface area (Å²) in [6.07, 6.45) is -2.19. The van der Waals surface area contributed by atoms with Crippen molar-refractivity contribution in [2.75, 3.05) is 0 Å². The minimum atomic E-state index is -4.29. The second-order valence-corrected chi connectivity index (χ2v) is 4.35. The molecule has 0 aliphatic carbocycles. The molecule has 0 atom stereocenters. The van der Waals surface area contributed by atoms with Gasteiger partial charge in [-0.05, 0) is 11.0 Å². The average Bonchev–Trinajstić information content (AvgIpc) is 2.01. The highest BCUT2D eigenvalue weighted by Gasteiger charge is 2.37. The summed E-state index contributed by atoms with van der Waals surface area (Å²) in [5, 5.41) is 0. The summed E-state index contributed by atoms with van der Waals surface area (Å²) < 4.78 is 41.7. The van der Waals surface area contributed by atoms with Crippen molar-refractivity contribution in [3.05, 3.63) is 23.7 Å². The molecule has 0 aromatic rings. The van der Waals surface area contributed by atoms with Gasteiger partial charge >= 0.3 is 6.18 Å². The van der Waals surface area contributed by atoms with E-state index in [9.17, 15) is 13.2 Å². The summed E-state index contributed by atoms with van der Waals surface area (Å²) >= 11 is 0. The Balaban J connectivity index is 2.79. The van der Waals surface area contributed by atoms with Crippen molar-refractivity contribution in [2.24, 2.45) is 5.41 Å². The minimum Gasteiger partial charge on any atom is -0.472 e. The molecule has 1 aliphatic rings. The van der Waals surface area contributed by atoms with Gasteiger partial charge in [0, 0.05) is 6.42 Å². The zero-order valence-electron chi connectivity index (χ0n) is 8.40. The van der Waals surface area contributed by atoms with Crippen LogP contribution in [0.3, 0.4) is 0 Å². The molecule has 4 heteroatoms. The fraction of sp³-hybridized carbons (Fsp3) is 0.600. The monoisotopic (exact) mass is 206 g/mol. The molecular formula is C10H13F3O. The number of rotatable bonds is 0. The van der Waals surface area contributed by atoms with Gasteiger partial charge in [0.15, 0.2) is 0 Å². The fourth-order valence-electron chi connectivity index (χ4n) is 1.10. The summed E-state index contributed by atoms with van der Waals surface area (Å²) in [6, 6.07) is 0. The van der Waals surface area contributed by atoms with Crippen molar-refractivity contribution in [3.63, 3.8) is 0 Å². The first-order chi connectivity index (χ1) is 6.21. The van der Waals surface area contributed by atoms with Gasteiger partial charge in [-0.1, -0.05) is 20.8 Å². The van der Waals surface area contributed by atoms with E-state index < -0.39 is 11.7 Å². The van der Waals surface area contributed by atoms with Crippen LogP contribution in [0.2, 0.25) is 0 Å². The minimum absolute atomic E-state index is 0.0764. The first-order valence-corrected chi connectivity index (χ1v) is 4.32. The van der Waals surface area contributed by atoms with Crippen LogP contribution in [0.25, 0.3) is 0 Å². The molecule has 1 nitrogen and oxygen atoms in total. The van der Waals surface area contributed by atoms with Gasteiger partial charge in [-0.2, -0.15) is 13.2 Å². The van der Waals surface area contributed by atoms with E-state index in [1.54, 1.807) is 0 Å². The molecule has 14 heavy (non-hydrogen) atoms. The van der Waals surface area contributed by atoms with Crippen LogP contribution in [0.5, 0.6) is 0 Å². The lowest BCUT2D eigenvalue weighted by atomic mass is 9.83. The maximum absolute atomic E-state index is 12.3. The lowest BCUT2D eigenvalue weighted by Crippen LogP contribution is -2.19. The molecule has 1 heterocycles. The highest BCUT2D eigenvalue weighted by atomic mass is 19.4. The van der Waals surface area contributed by atoms with Crippen molar-refractivity contribution < 1.29 is 17.9 Å². The predicted molar refractivity (Wildman–Crippen MR) is 47.4 cm³/mol. The molecular weight excluding hydrogens is 193 g/mol. The Hall–Kier alpha value is -0.930. The molecule has 0 amide bonds. The Bertz CT molecular complexity index is 251. The Kier molecular flexibility index (Phi) is 2.65. The van der Waals surface area contributed by atoms with Gasteiger partial charge in [0.05, 0.1) is 18.1 Å². The van der Waals surface area contributed by atoms with Crippen LogP contribution < -0.4 is 0 Å². The Morgan fingerprint density at radius 3 is 2.00 bits per heavy atom. The first-order valence-electron chi connectivity index (χ1n) is 4.32. The van der Waals surface area contributed by atoms with E-state index >= 15 is 0 Å². The van der Waals surface area contributed by atoms with Crippen LogP contribution >= 0.6 is 0 Å². The number of allylic oxidation sites excluding steroid dienone is 2. The largest absolute Gasteiger partial charge is 0.472 e. The molecule has 0 unspecified atom stereocenters. The van der Waals surface area contributed by atoms with Crippen LogP contribution in [0.1, 0.15) is 27.2 Å². The van der Waals surface area contributed by atoms with Crippen molar-refractivity contribution >= 4 is 0 Å². The lowest BCUT2D eigenvalue weighted by Gasteiger charge is -2.26. The Morgan fingerprint density at radius 2 is 1.57 bits per heavy atom. The maximum Gasteiger partial charge on any atom is 0.415 e. The standard InChI is InChI=1S/C10H13F3O/c1-9(2,3)7-4-8(6-14-5-7)10(11,12)13/h5-6H,4H2,1-3H3. The summed E-state index contributed by atoms with van der Waals surface area (Å²) in [7, 11) is 0. The van der Waals surface area contributed by atoms with E-state index in [0.717, 1.165) is 6.26 Å². The summed E-state index contributed by atoms with van der Waals surface area (Å²) in [6.45, 7) is 5.59. The van der Waals surface area contributed by atoms with Crippen LogP contribution in [0.15, 0.2) is 23.7 Å². The molecule has 0 aromatic heterocycles. The topological polar surface area (TPSA) is 9.23 Å². The SMILES string of the molecule is CC(C)(C)C1=COC=C(C(F)(F)F)C1. The van der Waals surface area contributed by atoms with Gasteiger partial charge in [-0.15, -0.1) is 0 Å². The van der Waals surface area contributed by atoms with Gasteiger partial charge in [-0.3, -0.25) is 0 Å². The van der Waals surface area contributed by atoms with Crippen molar-refractivity contribution in [2.45, 2.75) is 33.4 Å². The summed E-state index contributed by atoms with van der Waals surface area (Å²) in [4.78, 5) is 0. The average molecular weight is 206 g/mol. The maximum atomic E-state index is 12.3.